The summed E-state index contributed by atoms with van der Waals surface area (Å²) in [5.41, 5.74) is 2.29. The zero-order valence-electron chi connectivity index (χ0n) is 10.4. The number of hydrogen-bond donors (Lipinski definition) is 1. The van der Waals surface area contributed by atoms with Gasteiger partial charge in [0.15, 0.2) is 0 Å². The number of carbonyl (C=O) groups is 1. The van der Waals surface area contributed by atoms with E-state index in [2.05, 4.69) is 15.5 Å². The topological polar surface area (TPSA) is 58.1 Å². The molecule has 1 saturated heterocycles. The lowest BCUT2D eigenvalue weighted by Crippen LogP contribution is -2.46. The summed E-state index contributed by atoms with van der Waals surface area (Å²) in [6, 6.07) is 1.84. The molecular weight excluding hydrogens is 216 g/mol. The molecule has 2 heterocycles. The number of nitrogens with zero attached hydrogens (tertiary/aromatic N) is 3. The van der Waals surface area contributed by atoms with Gasteiger partial charge in [-0.25, -0.2) is 0 Å². The summed E-state index contributed by atoms with van der Waals surface area (Å²) in [4.78, 5) is 14.2. The zero-order valence-corrected chi connectivity index (χ0v) is 10.4. The summed E-state index contributed by atoms with van der Waals surface area (Å²) < 4.78 is 0. The SMILES string of the molecule is CCc1nnc(C)cc1C(=O)N1CCNCC1. The Morgan fingerprint density at radius 1 is 1.41 bits per heavy atom. The van der Waals surface area contributed by atoms with Crippen LogP contribution in [-0.2, 0) is 6.42 Å². The average molecular weight is 234 g/mol. The van der Waals surface area contributed by atoms with E-state index in [4.69, 9.17) is 0 Å². The van der Waals surface area contributed by atoms with Crippen LogP contribution >= 0.6 is 0 Å². The van der Waals surface area contributed by atoms with Crippen LogP contribution < -0.4 is 5.32 Å². The Morgan fingerprint density at radius 2 is 2.12 bits per heavy atom. The Bertz CT molecular complexity index is 413. The van der Waals surface area contributed by atoms with Gasteiger partial charge < -0.3 is 10.2 Å². The second kappa shape index (κ2) is 5.23. The van der Waals surface area contributed by atoms with E-state index in [0.717, 1.165) is 44.0 Å². The molecule has 0 atom stereocenters. The van der Waals surface area contributed by atoms with Crippen LogP contribution in [-0.4, -0.2) is 47.2 Å². The van der Waals surface area contributed by atoms with Crippen molar-refractivity contribution in [2.75, 3.05) is 26.2 Å². The standard InChI is InChI=1S/C12H18N4O/c1-3-11-10(8-9(2)14-15-11)12(17)16-6-4-13-5-7-16/h8,13H,3-7H2,1-2H3. The molecule has 1 N–H and O–H groups in total. The van der Waals surface area contributed by atoms with Gasteiger partial charge in [-0.1, -0.05) is 6.92 Å². The lowest BCUT2D eigenvalue weighted by molar-refractivity contribution is 0.0734. The first-order chi connectivity index (χ1) is 8.22. The van der Waals surface area contributed by atoms with Crippen LogP contribution in [0.1, 0.15) is 28.7 Å². The molecule has 2 rings (SSSR count). The normalized spacial score (nSPS) is 16.0. The third-order valence-electron chi connectivity index (χ3n) is 2.96. The highest BCUT2D eigenvalue weighted by Gasteiger charge is 2.21. The lowest BCUT2D eigenvalue weighted by atomic mass is 10.1. The predicted molar refractivity (Wildman–Crippen MR) is 64.9 cm³/mol. The van der Waals surface area contributed by atoms with Crippen molar-refractivity contribution in [2.45, 2.75) is 20.3 Å². The summed E-state index contributed by atoms with van der Waals surface area (Å²) in [7, 11) is 0. The van der Waals surface area contributed by atoms with E-state index in [-0.39, 0.29) is 5.91 Å². The van der Waals surface area contributed by atoms with E-state index in [1.165, 1.54) is 0 Å². The van der Waals surface area contributed by atoms with Crippen molar-refractivity contribution in [1.82, 2.24) is 20.4 Å². The second-order valence-electron chi connectivity index (χ2n) is 4.24. The van der Waals surface area contributed by atoms with Crippen molar-refractivity contribution in [1.29, 1.82) is 0 Å². The molecule has 1 aromatic heterocycles. The fourth-order valence-electron chi connectivity index (χ4n) is 2.00. The molecule has 0 aromatic carbocycles. The van der Waals surface area contributed by atoms with Gasteiger partial charge in [-0.15, -0.1) is 0 Å². The summed E-state index contributed by atoms with van der Waals surface area (Å²) in [5, 5.41) is 11.3. The Morgan fingerprint density at radius 3 is 2.76 bits per heavy atom. The molecule has 92 valence electrons. The van der Waals surface area contributed by atoms with Gasteiger partial charge in [0.1, 0.15) is 0 Å². The molecule has 1 amide bonds. The van der Waals surface area contributed by atoms with E-state index in [0.29, 0.717) is 5.56 Å². The second-order valence-corrected chi connectivity index (χ2v) is 4.24. The van der Waals surface area contributed by atoms with Gasteiger partial charge in [-0.2, -0.15) is 10.2 Å². The smallest absolute Gasteiger partial charge is 0.255 e. The van der Waals surface area contributed by atoms with Gasteiger partial charge >= 0.3 is 0 Å². The van der Waals surface area contributed by atoms with Crippen molar-refractivity contribution in [2.24, 2.45) is 0 Å². The highest BCUT2D eigenvalue weighted by molar-refractivity contribution is 5.95. The summed E-state index contributed by atoms with van der Waals surface area (Å²) in [6.45, 7) is 7.12. The molecular formula is C12H18N4O. The first kappa shape index (κ1) is 12.0. The van der Waals surface area contributed by atoms with Gasteiger partial charge in [-0.3, -0.25) is 4.79 Å². The highest BCUT2D eigenvalue weighted by Crippen LogP contribution is 2.11. The fraction of sp³-hybridized carbons (Fsp3) is 0.583. The Labute approximate surface area is 101 Å². The number of aryl methyl sites for hydroxylation is 2. The Balaban J connectivity index is 2.25. The number of piperazine rings is 1. The maximum atomic E-state index is 12.4. The summed E-state index contributed by atoms with van der Waals surface area (Å²) in [6.07, 6.45) is 0.737. The zero-order chi connectivity index (χ0) is 12.3. The van der Waals surface area contributed by atoms with Crippen LogP contribution in [0.3, 0.4) is 0 Å². The van der Waals surface area contributed by atoms with Gasteiger partial charge in [0.2, 0.25) is 0 Å². The molecule has 5 nitrogen and oxygen atoms in total. The number of carbonyl (C=O) groups excluding carboxylic acids is 1. The van der Waals surface area contributed by atoms with E-state index < -0.39 is 0 Å². The number of aromatic nitrogens is 2. The van der Waals surface area contributed by atoms with Crippen molar-refractivity contribution in [3.8, 4) is 0 Å². The number of rotatable bonds is 2. The Kier molecular flexibility index (Phi) is 3.68. The van der Waals surface area contributed by atoms with Crippen molar-refractivity contribution in [3.05, 3.63) is 23.0 Å². The summed E-state index contributed by atoms with van der Waals surface area (Å²) >= 11 is 0. The van der Waals surface area contributed by atoms with Crippen LogP contribution in [0.15, 0.2) is 6.07 Å². The number of hydrogen-bond acceptors (Lipinski definition) is 4. The van der Waals surface area contributed by atoms with Crippen LogP contribution in [0, 0.1) is 6.92 Å². The molecule has 1 fully saturated rings. The Hall–Kier alpha value is -1.49. The van der Waals surface area contributed by atoms with Gasteiger partial charge in [0, 0.05) is 26.2 Å². The maximum Gasteiger partial charge on any atom is 0.255 e. The average Bonchev–Trinajstić information content (AvgIpc) is 2.39. The molecule has 1 aliphatic heterocycles. The van der Waals surface area contributed by atoms with Gasteiger partial charge in [-0.05, 0) is 19.4 Å². The predicted octanol–water partition coefficient (Wildman–Crippen LogP) is 0.393. The van der Waals surface area contributed by atoms with Gasteiger partial charge in [0.05, 0.1) is 17.0 Å². The molecule has 0 bridgehead atoms. The minimum Gasteiger partial charge on any atom is -0.336 e. The molecule has 17 heavy (non-hydrogen) atoms. The van der Waals surface area contributed by atoms with Crippen LogP contribution in [0.25, 0.3) is 0 Å². The third kappa shape index (κ3) is 2.61. The first-order valence-corrected chi connectivity index (χ1v) is 6.05. The monoisotopic (exact) mass is 234 g/mol. The molecule has 0 saturated carbocycles. The number of amides is 1. The maximum absolute atomic E-state index is 12.4. The van der Waals surface area contributed by atoms with E-state index in [1.807, 2.05) is 24.8 Å². The first-order valence-electron chi connectivity index (χ1n) is 6.05. The minimum atomic E-state index is 0.0846. The molecule has 0 radical (unpaired) electrons. The van der Waals surface area contributed by atoms with Crippen LogP contribution in [0.4, 0.5) is 0 Å². The molecule has 1 aliphatic rings. The molecule has 0 spiro atoms. The fourth-order valence-corrected chi connectivity index (χ4v) is 2.00. The highest BCUT2D eigenvalue weighted by atomic mass is 16.2. The van der Waals surface area contributed by atoms with Crippen molar-refractivity contribution in [3.63, 3.8) is 0 Å². The van der Waals surface area contributed by atoms with Crippen LogP contribution in [0.5, 0.6) is 0 Å². The van der Waals surface area contributed by atoms with Crippen molar-refractivity contribution >= 4 is 5.91 Å². The summed E-state index contributed by atoms with van der Waals surface area (Å²) in [5.74, 6) is 0.0846. The largest absolute Gasteiger partial charge is 0.336 e. The quantitative estimate of drug-likeness (QED) is 0.804. The molecule has 1 aromatic rings. The lowest BCUT2D eigenvalue weighted by Gasteiger charge is -2.27. The van der Waals surface area contributed by atoms with Crippen LogP contribution in [0.2, 0.25) is 0 Å². The van der Waals surface area contributed by atoms with Crippen molar-refractivity contribution < 1.29 is 4.79 Å². The molecule has 0 aliphatic carbocycles. The number of nitrogens with one attached hydrogen (secondary N) is 1. The van der Waals surface area contributed by atoms with E-state index >= 15 is 0 Å². The van der Waals surface area contributed by atoms with E-state index in [1.54, 1.807) is 0 Å². The third-order valence-corrected chi connectivity index (χ3v) is 2.96. The minimum absolute atomic E-state index is 0.0846. The molecule has 5 heteroatoms. The van der Waals surface area contributed by atoms with Gasteiger partial charge in [0.25, 0.3) is 5.91 Å². The van der Waals surface area contributed by atoms with E-state index in [9.17, 15) is 4.79 Å². The molecule has 0 unspecified atom stereocenters.